The van der Waals surface area contributed by atoms with Crippen LogP contribution >= 0.6 is 0 Å². The van der Waals surface area contributed by atoms with Crippen molar-refractivity contribution in [2.45, 2.75) is 71.6 Å². The Morgan fingerprint density at radius 1 is 1.00 bits per heavy atom. The zero-order valence-corrected chi connectivity index (χ0v) is 9.36. The van der Waals surface area contributed by atoms with E-state index in [-0.39, 0.29) is 0 Å². The lowest BCUT2D eigenvalue weighted by Gasteiger charge is -2.46. The highest BCUT2D eigenvalue weighted by molar-refractivity contribution is 5.07. The molecule has 0 unspecified atom stereocenters. The molecule has 0 saturated heterocycles. The van der Waals surface area contributed by atoms with Crippen LogP contribution in [0.4, 0.5) is 0 Å². The molecular formula is C13H24. The average Bonchev–Trinajstić information content (AvgIpc) is 2.52. The van der Waals surface area contributed by atoms with Crippen molar-refractivity contribution in [3.63, 3.8) is 0 Å². The molecule has 13 heavy (non-hydrogen) atoms. The predicted octanol–water partition coefficient (Wildman–Crippen LogP) is 4.54. The largest absolute Gasteiger partial charge is 0.0654 e. The zero-order valence-electron chi connectivity index (χ0n) is 9.36. The van der Waals surface area contributed by atoms with Gasteiger partial charge >= 0.3 is 0 Å². The lowest BCUT2D eigenvalue weighted by Crippen LogP contribution is -2.35. The van der Waals surface area contributed by atoms with Gasteiger partial charge in [-0.15, -0.1) is 0 Å². The molecule has 0 aliphatic heterocycles. The Kier molecular flexibility index (Phi) is 2.42. The summed E-state index contributed by atoms with van der Waals surface area (Å²) in [7, 11) is 0. The molecule has 0 atom stereocenters. The molecule has 0 radical (unpaired) electrons. The highest BCUT2D eigenvalue weighted by Gasteiger charge is 2.56. The molecule has 0 heterocycles. The Labute approximate surface area is 83.1 Å². The second-order valence-corrected chi connectivity index (χ2v) is 5.97. The summed E-state index contributed by atoms with van der Waals surface area (Å²) < 4.78 is 0. The van der Waals surface area contributed by atoms with E-state index in [1.807, 2.05) is 0 Å². The molecule has 0 amide bonds. The molecule has 3 aliphatic carbocycles. The third-order valence-electron chi connectivity index (χ3n) is 4.42. The van der Waals surface area contributed by atoms with Crippen LogP contribution in [0.2, 0.25) is 0 Å². The van der Waals surface area contributed by atoms with Gasteiger partial charge in [0.25, 0.3) is 0 Å². The lowest BCUT2D eigenvalue weighted by atomic mass is 9.59. The molecule has 0 aromatic heterocycles. The molecule has 3 rings (SSSR count). The maximum absolute atomic E-state index is 2.49. The summed E-state index contributed by atoms with van der Waals surface area (Å²) >= 11 is 0. The molecule has 0 aromatic rings. The SMILES string of the molecule is CCCCCCC12CCC(C)(C1)C2. The minimum Gasteiger partial charge on any atom is -0.0654 e. The van der Waals surface area contributed by atoms with E-state index in [2.05, 4.69) is 13.8 Å². The molecule has 0 heteroatoms. The predicted molar refractivity (Wildman–Crippen MR) is 57.8 cm³/mol. The Morgan fingerprint density at radius 3 is 2.31 bits per heavy atom. The van der Waals surface area contributed by atoms with Gasteiger partial charge in [-0.3, -0.25) is 0 Å². The first-order valence-electron chi connectivity index (χ1n) is 6.18. The third kappa shape index (κ3) is 1.78. The first kappa shape index (κ1) is 9.55. The molecule has 0 spiro atoms. The normalized spacial score (nSPS) is 42.0. The van der Waals surface area contributed by atoms with Gasteiger partial charge in [0.15, 0.2) is 0 Å². The van der Waals surface area contributed by atoms with Gasteiger partial charge in [0, 0.05) is 0 Å². The molecule has 0 aromatic carbocycles. The maximum Gasteiger partial charge on any atom is -0.0287 e. The standard InChI is InChI=1S/C13H24/c1-3-4-5-6-7-13-9-8-12(2,10-13)11-13/h3-11H2,1-2H3. The summed E-state index contributed by atoms with van der Waals surface area (Å²) in [5.41, 5.74) is 1.65. The van der Waals surface area contributed by atoms with Crippen LogP contribution in [0.5, 0.6) is 0 Å². The van der Waals surface area contributed by atoms with Gasteiger partial charge in [0.05, 0.1) is 0 Å². The summed E-state index contributed by atoms with van der Waals surface area (Å²) in [6.45, 7) is 4.79. The van der Waals surface area contributed by atoms with Crippen molar-refractivity contribution in [1.29, 1.82) is 0 Å². The number of fused-ring (bicyclic) bond motifs is 1. The van der Waals surface area contributed by atoms with Crippen molar-refractivity contribution in [3.05, 3.63) is 0 Å². The second kappa shape index (κ2) is 3.29. The van der Waals surface area contributed by atoms with Crippen LogP contribution in [0.3, 0.4) is 0 Å². The quantitative estimate of drug-likeness (QED) is 0.545. The highest BCUT2D eigenvalue weighted by atomic mass is 14.6. The van der Waals surface area contributed by atoms with Crippen LogP contribution in [-0.4, -0.2) is 0 Å². The molecular weight excluding hydrogens is 156 g/mol. The van der Waals surface area contributed by atoms with Crippen LogP contribution < -0.4 is 0 Å². The molecule has 76 valence electrons. The van der Waals surface area contributed by atoms with Crippen LogP contribution in [0.25, 0.3) is 0 Å². The van der Waals surface area contributed by atoms with E-state index in [1.165, 1.54) is 32.1 Å². The summed E-state index contributed by atoms with van der Waals surface area (Å²) in [6, 6.07) is 0. The van der Waals surface area contributed by atoms with E-state index in [9.17, 15) is 0 Å². The van der Waals surface area contributed by atoms with Crippen molar-refractivity contribution in [1.82, 2.24) is 0 Å². The van der Waals surface area contributed by atoms with Crippen LogP contribution in [0.1, 0.15) is 71.6 Å². The van der Waals surface area contributed by atoms with Crippen molar-refractivity contribution in [2.24, 2.45) is 10.8 Å². The van der Waals surface area contributed by atoms with Gasteiger partial charge in [-0.05, 0) is 42.9 Å². The van der Waals surface area contributed by atoms with Crippen molar-refractivity contribution < 1.29 is 0 Å². The number of unbranched alkanes of at least 4 members (excludes halogenated alkanes) is 3. The lowest BCUT2D eigenvalue weighted by molar-refractivity contribution is 0.0509. The molecule has 3 fully saturated rings. The number of hydrogen-bond donors (Lipinski definition) is 0. The minimum atomic E-state index is 0.796. The Bertz CT molecular complexity index is 174. The Hall–Kier alpha value is 0. The number of rotatable bonds is 5. The summed E-state index contributed by atoms with van der Waals surface area (Å²) in [5, 5.41) is 0. The topological polar surface area (TPSA) is 0 Å². The fourth-order valence-electron chi connectivity index (χ4n) is 3.91. The fraction of sp³-hybridized carbons (Fsp3) is 1.00. The van der Waals surface area contributed by atoms with E-state index in [0.717, 1.165) is 10.8 Å². The summed E-state index contributed by atoms with van der Waals surface area (Å²) in [4.78, 5) is 0. The Morgan fingerprint density at radius 2 is 1.77 bits per heavy atom. The zero-order chi connectivity index (χ0) is 9.36. The third-order valence-corrected chi connectivity index (χ3v) is 4.42. The van der Waals surface area contributed by atoms with Gasteiger partial charge in [-0.25, -0.2) is 0 Å². The molecule has 3 saturated carbocycles. The van der Waals surface area contributed by atoms with Gasteiger partial charge in [-0.2, -0.15) is 0 Å². The van der Waals surface area contributed by atoms with Gasteiger partial charge in [0.2, 0.25) is 0 Å². The van der Waals surface area contributed by atoms with Crippen LogP contribution in [0.15, 0.2) is 0 Å². The van der Waals surface area contributed by atoms with E-state index in [1.54, 1.807) is 25.7 Å². The minimum absolute atomic E-state index is 0.796. The molecule has 3 aliphatic rings. The van der Waals surface area contributed by atoms with E-state index >= 15 is 0 Å². The first-order valence-corrected chi connectivity index (χ1v) is 6.18. The van der Waals surface area contributed by atoms with Crippen molar-refractivity contribution >= 4 is 0 Å². The van der Waals surface area contributed by atoms with E-state index < -0.39 is 0 Å². The first-order chi connectivity index (χ1) is 6.18. The number of hydrogen-bond acceptors (Lipinski definition) is 0. The van der Waals surface area contributed by atoms with Crippen molar-refractivity contribution in [3.8, 4) is 0 Å². The summed E-state index contributed by atoms with van der Waals surface area (Å²) in [6.07, 6.45) is 13.6. The average molecular weight is 180 g/mol. The van der Waals surface area contributed by atoms with E-state index in [0.29, 0.717) is 0 Å². The molecule has 0 N–H and O–H groups in total. The van der Waals surface area contributed by atoms with Gasteiger partial charge in [-0.1, -0.05) is 39.5 Å². The summed E-state index contributed by atoms with van der Waals surface area (Å²) in [5.74, 6) is 0. The smallest absolute Gasteiger partial charge is 0.0287 e. The Balaban J connectivity index is 1.67. The van der Waals surface area contributed by atoms with Gasteiger partial charge in [0.1, 0.15) is 0 Å². The van der Waals surface area contributed by atoms with Gasteiger partial charge < -0.3 is 0 Å². The second-order valence-electron chi connectivity index (χ2n) is 5.97. The van der Waals surface area contributed by atoms with E-state index in [4.69, 9.17) is 0 Å². The van der Waals surface area contributed by atoms with Crippen LogP contribution in [-0.2, 0) is 0 Å². The van der Waals surface area contributed by atoms with Crippen molar-refractivity contribution in [2.75, 3.05) is 0 Å². The molecule has 2 bridgehead atoms. The molecule has 0 nitrogen and oxygen atoms in total. The fourth-order valence-corrected chi connectivity index (χ4v) is 3.91. The highest BCUT2D eigenvalue weighted by Crippen LogP contribution is 2.68. The maximum atomic E-state index is 2.49. The monoisotopic (exact) mass is 180 g/mol. The van der Waals surface area contributed by atoms with Crippen LogP contribution in [0, 0.1) is 10.8 Å².